The molecule has 0 spiro atoms. The molecule has 1 rings (SSSR count). The van der Waals surface area contributed by atoms with Gasteiger partial charge in [0.05, 0.1) is 18.2 Å². The number of amides is 1. The number of carbonyl (C=O) groups is 1. The SMILES string of the molecule is COc1ccc(CCC(=O)NC[C@@H](C)O)cc1Cl. The van der Waals surface area contributed by atoms with Crippen LogP contribution in [0.2, 0.25) is 5.02 Å². The van der Waals surface area contributed by atoms with E-state index >= 15 is 0 Å². The van der Waals surface area contributed by atoms with Crippen molar-refractivity contribution >= 4 is 17.5 Å². The van der Waals surface area contributed by atoms with Crippen LogP contribution in [0.4, 0.5) is 0 Å². The first-order valence-corrected chi connectivity index (χ1v) is 6.18. The predicted molar refractivity (Wildman–Crippen MR) is 71.0 cm³/mol. The van der Waals surface area contributed by atoms with Crippen molar-refractivity contribution in [2.24, 2.45) is 0 Å². The third-order valence-electron chi connectivity index (χ3n) is 2.45. The number of nitrogens with one attached hydrogen (secondary N) is 1. The molecular weight excluding hydrogens is 254 g/mol. The fourth-order valence-electron chi connectivity index (χ4n) is 1.47. The molecule has 0 radical (unpaired) electrons. The van der Waals surface area contributed by atoms with Gasteiger partial charge in [0.1, 0.15) is 5.75 Å². The lowest BCUT2D eigenvalue weighted by atomic mass is 10.1. The number of ether oxygens (including phenoxy) is 1. The number of hydrogen-bond donors (Lipinski definition) is 2. The molecule has 18 heavy (non-hydrogen) atoms. The molecule has 0 fully saturated rings. The quantitative estimate of drug-likeness (QED) is 0.829. The summed E-state index contributed by atoms with van der Waals surface area (Å²) < 4.78 is 5.05. The van der Waals surface area contributed by atoms with Crippen LogP contribution in [0, 0.1) is 0 Å². The van der Waals surface area contributed by atoms with Gasteiger partial charge in [-0.15, -0.1) is 0 Å². The van der Waals surface area contributed by atoms with Crippen LogP contribution in [0.25, 0.3) is 0 Å². The molecule has 0 aromatic heterocycles. The molecule has 0 aliphatic heterocycles. The molecule has 0 aliphatic carbocycles. The van der Waals surface area contributed by atoms with Crippen molar-refractivity contribution in [3.05, 3.63) is 28.8 Å². The maximum atomic E-state index is 11.4. The highest BCUT2D eigenvalue weighted by Gasteiger charge is 2.06. The minimum absolute atomic E-state index is 0.0807. The van der Waals surface area contributed by atoms with E-state index in [4.69, 9.17) is 21.4 Å². The Bertz CT molecular complexity index is 407. The summed E-state index contributed by atoms with van der Waals surface area (Å²) in [6.07, 6.45) is 0.453. The Labute approximate surface area is 112 Å². The second-order valence-corrected chi connectivity index (χ2v) is 4.53. The zero-order valence-corrected chi connectivity index (χ0v) is 11.3. The van der Waals surface area contributed by atoms with Crippen molar-refractivity contribution in [2.45, 2.75) is 25.9 Å². The summed E-state index contributed by atoms with van der Waals surface area (Å²) >= 11 is 5.99. The second-order valence-electron chi connectivity index (χ2n) is 4.12. The first kappa shape index (κ1) is 14.8. The summed E-state index contributed by atoms with van der Waals surface area (Å²) in [7, 11) is 1.56. The van der Waals surface area contributed by atoms with Crippen LogP contribution in [0.5, 0.6) is 5.75 Å². The standard InChI is InChI=1S/C13H18ClNO3/c1-9(16)8-15-13(17)6-4-10-3-5-12(18-2)11(14)7-10/h3,5,7,9,16H,4,6,8H2,1-2H3,(H,15,17)/t9-/m1/s1. The lowest BCUT2D eigenvalue weighted by molar-refractivity contribution is -0.121. The summed E-state index contributed by atoms with van der Waals surface area (Å²) in [5, 5.41) is 12.2. The smallest absolute Gasteiger partial charge is 0.220 e. The van der Waals surface area contributed by atoms with Gasteiger partial charge in [-0.25, -0.2) is 0 Å². The Morgan fingerprint density at radius 1 is 1.56 bits per heavy atom. The molecule has 5 heteroatoms. The Morgan fingerprint density at radius 3 is 2.83 bits per heavy atom. The molecule has 0 aliphatic rings. The normalized spacial score (nSPS) is 12.0. The van der Waals surface area contributed by atoms with Gasteiger partial charge < -0.3 is 15.2 Å². The van der Waals surface area contributed by atoms with Crippen LogP contribution in [0.3, 0.4) is 0 Å². The van der Waals surface area contributed by atoms with E-state index in [1.54, 1.807) is 26.2 Å². The van der Waals surface area contributed by atoms with E-state index in [2.05, 4.69) is 5.32 Å². The average Bonchev–Trinajstić information content (AvgIpc) is 2.34. The third kappa shape index (κ3) is 4.94. The monoisotopic (exact) mass is 271 g/mol. The minimum atomic E-state index is -0.524. The molecule has 4 nitrogen and oxygen atoms in total. The number of benzene rings is 1. The van der Waals surface area contributed by atoms with E-state index in [1.165, 1.54) is 0 Å². The van der Waals surface area contributed by atoms with Gasteiger partial charge in [0, 0.05) is 13.0 Å². The molecule has 1 aromatic carbocycles. The van der Waals surface area contributed by atoms with Crippen molar-refractivity contribution in [2.75, 3.05) is 13.7 Å². The Kier molecular flexibility index (Phi) is 5.95. The summed E-state index contributed by atoms with van der Waals surface area (Å²) in [4.78, 5) is 11.4. The van der Waals surface area contributed by atoms with Gasteiger partial charge in [-0.3, -0.25) is 4.79 Å². The number of methoxy groups -OCH3 is 1. The molecular formula is C13H18ClNO3. The largest absolute Gasteiger partial charge is 0.495 e. The van der Waals surface area contributed by atoms with Crippen molar-refractivity contribution in [3.63, 3.8) is 0 Å². The fraction of sp³-hybridized carbons (Fsp3) is 0.462. The number of halogens is 1. The van der Waals surface area contributed by atoms with Gasteiger partial charge >= 0.3 is 0 Å². The average molecular weight is 272 g/mol. The van der Waals surface area contributed by atoms with Crippen LogP contribution in [0.15, 0.2) is 18.2 Å². The van der Waals surface area contributed by atoms with Crippen LogP contribution in [-0.4, -0.2) is 30.8 Å². The number of hydrogen-bond acceptors (Lipinski definition) is 3. The van der Waals surface area contributed by atoms with Crippen LogP contribution in [0.1, 0.15) is 18.9 Å². The summed E-state index contributed by atoms with van der Waals surface area (Å²) in [6, 6.07) is 5.46. The predicted octanol–water partition coefficient (Wildman–Crippen LogP) is 1.78. The highest BCUT2D eigenvalue weighted by Crippen LogP contribution is 2.25. The number of aryl methyl sites for hydroxylation is 1. The number of rotatable bonds is 6. The summed E-state index contributed by atoms with van der Waals surface area (Å²) in [5.74, 6) is 0.543. The Hall–Kier alpha value is -1.26. The van der Waals surface area contributed by atoms with Crippen molar-refractivity contribution in [3.8, 4) is 5.75 Å². The van der Waals surface area contributed by atoms with Crippen molar-refractivity contribution in [1.82, 2.24) is 5.32 Å². The Morgan fingerprint density at radius 2 is 2.28 bits per heavy atom. The lowest BCUT2D eigenvalue weighted by Crippen LogP contribution is -2.30. The molecule has 0 saturated carbocycles. The first-order valence-electron chi connectivity index (χ1n) is 5.80. The van der Waals surface area contributed by atoms with Gasteiger partial charge in [0.25, 0.3) is 0 Å². The molecule has 0 unspecified atom stereocenters. The molecule has 2 N–H and O–H groups in total. The van der Waals surface area contributed by atoms with Crippen molar-refractivity contribution in [1.29, 1.82) is 0 Å². The molecule has 0 heterocycles. The van der Waals surface area contributed by atoms with Gasteiger partial charge in [-0.05, 0) is 31.0 Å². The first-order chi connectivity index (χ1) is 8.52. The van der Waals surface area contributed by atoms with Gasteiger partial charge in [0.2, 0.25) is 5.91 Å². The second kappa shape index (κ2) is 7.24. The molecule has 100 valence electrons. The highest BCUT2D eigenvalue weighted by atomic mass is 35.5. The highest BCUT2D eigenvalue weighted by molar-refractivity contribution is 6.32. The van der Waals surface area contributed by atoms with Gasteiger partial charge in [-0.2, -0.15) is 0 Å². The van der Waals surface area contributed by atoms with Crippen LogP contribution in [-0.2, 0) is 11.2 Å². The third-order valence-corrected chi connectivity index (χ3v) is 2.75. The number of aliphatic hydroxyl groups excluding tert-OH is 1. The van der Waals surface area contributed by atoms with E-state index in [0.717, 1.165) is 5.56 Å². The van der Waals surface area contributed by atoms with E-state index in [9.17, 15) is 4.79 Å². The van der Waals surface area contributed by atoms with Crippen LogP contribution < -0.4 is 10.1 Å². The minimum Gasteiger partial charge on any atom is -0.495 e. The van der Waals surface area contributed by atoms with E-state index in [-0.39, 0.29) is 12.5 Å². The summed E-state index contributed by atoms with van der Waals surface area (Å²) in [5.41, 5.74) is 0.980. The lowest BCUT2D eigenvalue weighted by Gasteiger charge is -2.08. The maximum absolute atomic E-state index is 11.4. The van der Waals surface area contributed by atoms with Gasteiger partial charge in [0.15, 0.2) is 0 Å². The zero-order valence-electron chi connectivity index (χ0n) is 10.6. The van der Waals surface area contributed by atoms with Crippen LogP contribution >= 0.6 is 11.6 Å². The molecule has 0 bridgehead atoms. The van der Waals surface area contributed by atoms with E-state index < -0.39 is 6.10 Å². The molecule has 0 saturated heterocycles. The van der Waals surface area contributed by atoms with Crippen molar-refractivity contribution < 1.29 is 14.6 Å². The number of carbonyl (C=O) groups excluding carboxylic acids is 1. The summed E-state index contributed by atoms with van der Waals surface area (Å²) in [6.45, 7) is 1.91. The number of aliphatic hydroxyl groups is 1. The molecule has 1 atom stereocenters. The molecule has 1 amide bonds. The van der Waals surface area contributed by atoms with E-state index in [1.807, 2.05) is 6.07 Å². The zero-order chi connectivity index (χ0) is 13.5. The van der Waals surface area contributed by atoms with Gasteiger partial charge in [-0.1, -0.05) is 17.7 Å². The molecule has 1 aromatic rings. The fourth-order valence-corrected chi connectivity index (χ4v) is 1.75. The topological polar surface area (TPSA) is 58.6 Å². The van der Waals surface area contributed by atoms with E-state index in [0.29, 0.717) is 23.6 Å². The Balaban J connectivity index is 2.43. The maximum Gasteiger partial charge on any atom is 0.220 e.